The molecule has 0 fully saturated rings. The van der Waals surface area contributed by atoms with Crippen LogP contribution in [0.25, 0.3) is 111 Å². The molecule has 2 heterocycles. The van der Waals surface area contributed by atoms with E-state index in [9.17, 15) is 0 Å². The van der Waals surface area contributed by atoms with Gasteiger partial charge in [0.15, 0.2) is 17.5 Å². The summed E-state index contributed by atoms with van der Waals surface area (Å²) in [5, 5.41) is 5.73. The maximum Gasteiger partial charge on any atom is 0.164 e. The summed E-state index contributed by atoms with van der Waals surface area (Å²) in [5.74, 6) is 1.90. The molecule has 0 saturated heterocycles. The zero-order valence-electron chi connectivity index (χ0n) is 32.6. The largest absolute Gasteiger partial charge is 0.248 e. The third-order valence-electron chi connectivity index (χ3n) is 11.3. The van der Waals surface area contributed by atoms with Gasteiger partial charge in [-0.15, -0.1) is 0 Å². The lowest BCUT2D eigenvalue weighted by Gasteiger charge is -2.15. The Hall–Kier alpha value is -8.08. The third kappa shape index (κ3) is 6.47. The zero-order chi connectivity index (χ0) is 39.8. The second-order valence-corrected chi connectivity index (χ2v) is 15.0. The maximum atomic E-state index is 5.19. The fourth-order valence-corrected chi connectivity index (χ4v) is 8.38. The highest BCUT2D eigenvalue weighted by atomic mass is 15.0. The number of hydrogen-bond acceptors (Lipinski definition) is 4. The molecule has 11 rings (SSSR count). The van der Waals surface area contributed by atoms with Gasteiger partial charge >= 0.3 is 0 Å². The highest BCUT2D eigenvalue weighted by Crippen LogP contribution is 2.40. The molecule has 0 N–H and O–H groups in total. The smallest absolute Gasteiger partial charge is 0.164 e. The topological polar surface area (TPSA) is 51.6 Å². The highest BCUT2D eigenvalue weighted by molar-refractivity contribution is 6.14. The van der Waals surface area contributed by atoms with Gasteiger partial charge in [0.25, 0.3) is 0 Å². The van der Waals surface area contributed by atoms with Crippen molar-refractivity contribution in [3.8, 4) is 78.8 Å². The first kappa shape index (κ1) is 35.1. The minimum atomic E-state index is 0.631. The van der Waals surface area contributed by atoms with Crippen molar-refractivity contribution < 1.29 is 0 Å². The van der Waals surface area contributed by atoms with Crippen LogP contribution >= 0.6 is 0 Å². The zero-order valence-corrected chi connectivity index (χ0v) is 32.6. The molecule has 0 spiro atoms. The molecule has 0 radical (unpaired) electrons. The summed E-state index contributed by atoms with van der Waals surface area (Å²) in [6.45, 7) is 0. The van der Waals surface area contributed by atoms with E-state index in [-0.39, 0.29) is 0 Å². The molecule has 0 bridgehead atoms. The number of hydrogen-bond donors (Lipinski definition) is 0. The molecule has 0 aliphatic rings. The monoisotopic (exact) mass is 764 g/mol. The molecular formula is C56H36N4. The van der Waals surface area contributed by atoms with Gasteiger partial charge in [-0.25, -0.2) is 19.9 Å². The molecule has 0 amide bonds. The molecule has 0 aliphatic carbocycles. The Morgan fingerprint density at radius 2 is 0.733 bits per heavy atom. The maximum absolute atomic E-state index is 5.19. The summed E-state index contributed by atoms with van der Waals surface area (Å²) in [4.78, 5) is 20.5. The Morgan fingerprint density at radius 3 is 1.43 bits per heavy atom. The molecule has 0 atom stereocenters. The first-order chi connectivity index (χ1) is 29.7. The summed E-state index contributed by atoms with van der Waals surface area (Å²) < 4.78 is 0. The quantitative estimate of drug-likeness (QED) is 0.152. The third-order valence-corrected chi connectivity index (χ3v) is 11.3. The van der Waals surface area contributed by atoms with Gasteiger partial charge in [-0.3, -0.25) is 0 Å². The summed E-state index contributed by atoms with van der Waals surface area (Å²) >= 11 is 0. The second-order valence-electron chi connectivity index (χ2n) is 15.0. The van der Waals surface area contributed by atoms with Crippen molar-refractivity contribution >= 4 is 32.4 Å². The fraction of sp³-hybridized carbons (Fsp3) is 0. The predicted octanol–water partition coefficient (Wildman–Crippen LogP) is 14.4. The van der Waals surface area contributed by atoms with Crippen LogP contribution in [0.5, 0.6) is 0 Å². The number of nitrogens with zero attached hydrogens (tertiary/aromatic N) is 4. The fourth-order valence-electron chi connectivity index (χ4n) is 8.38. The van der Waals surface area contributed by atoms with Crippen molar-refractivity contribution in [3.05, 3.63) is 218 Å². The van der Waals surface area contributed by atoms with Crippen LogP contribution in [-0.2, 0) is 0 Å². The number of aromatic nitrogens is 4. The SMILES string of the molecule is c1ccc(-c2ccc(-c3nc(-c4ccccc4)nc(-c4ccc(-c5cccc(-c6cc(-c7ccccc7)nc7ccc8ccccc8c67)c5)c5ccccc45)n3)cc2)cc1. The van der Waals surface area contributed by atoms with Gasteiger partial charge in [0.2, 0.25) is 0 Å². The molecule has 0 unspecified atom stereocenters. The van der Waals surface area contributed by atoms with Crippen molar-refractivity contribution in [2.24, 2.45) is 0 Å². The van der Waals surface area contributed by atoms with Gasteiger partial charge in [0, 0.05) is 27.6 Å². The molecule has 9 aromatic carbocycles. The molecule has 0 saturated carbocycles. The molecule has 280 valence electrons. The van der Waals surface area contributed by atoms with E-state index in [4.69, 9.17) is 19.9 Å². The van der Waals surface area contributed by atoms with Crippen LogP contribution in [-0.4, -0.2) is 19.9 Å². The Labute approximate surface area is 348 Å². The van der Waals surface area contributed by atoms with Crippen molar-refractivity contribution in [1.29, 1.82) is 0 Å². The van der Waals surface area contributed by atoms with E-state index in [0.29, 0.717) is 17.5 Å². The van der Waals surface area contributed by atoms with E-state index >= 15 is 0 Å². The first-order valence-electron chi connectivity index (χ1n) is 20.2. The molecule has 60 heavy (non-hydrogen) atoms. The minimum Gasteiger partial charge on any atom is -0.248 e. The lowest BCUT2D eigenvalue weighted by Crippen LogP contribution is -2.00. The van der Waals surface area contributed by atoms with Gasteiger partial charge < -0.3 is 0 Å². The predicted molar refractivity (Wildman–Crippen MR) is 248 cm³/mol. The van der Waals surface area contributed by atoms with Crippen LogP contribution in [0, 0.1) is 0 Å². The van der Waals surface area contributed by atoms with Gasteiger partial charge in [0.05, 0.1) is 11.2 Å². The van der Waals surface area contributed by atoms with Crippen LogP contribution in [0.4, 0.5) is 0 Å². The molecule has 0 aliphatic heterocycles. The van der Waals surface area contributed by atoms with E-state index in [1.807, 2.05) is 42.5 Å². The average molecular weight is 765 g/mol. The summed E-state index contributed by atoms with van der Waals surface area (Å²) in [7, 11) is 0. The number of rotatable bonds is 7. The number of pyridine rings is 1. The van der Waals surface area contributed by atoms with Crippen LogP contribution in [0.2, 0.25) is 0 Å². The second kappa shape index (κ2) is 15.0. The van der Waals surface area contributed by atoms with E-state index in [2.05, 4.69) is 176 Å². The van der Waals surface area contributed by atoms with E-state index in [1.54, 1.807) is 0 Å². The number of fused-ring (bicyclic) bond motifs is 4. The lowest BCUT2D eigenvalue weighted by atomic mass is 9.90. The van der Waals surface area contributed by atoms with E-state index < -0.39 is 0 Å². The Kier molecular flexibility index (Phi) is 8.79. The first-order valence-corrected chi connectivity index (χ1v) is 20.2. The van der Waals surface area contributed by atoms with Crippen molar-refractivity contribution in [2.75, 3.05) is 0 Å². The molecule has 2 aromatic heterocycles. The summed E-state index contributed by atoms with van der Waals surface area (Å²) in [6.07, 6.45) is 0. The Bertz CT molecular complexity index is 3350. The Morgan fingerprint density at radius 1 is 0.250 bits per heavy atom. The van der Waals surface area contributed by atoms with Gasteiger partial charge in [0.1, 0.15) is 0 Å². The normalized spacial score (nSPS) is 11.3. The van der Waals surface area contributed by atoms with Gasteiger partial charge in [-0.2, -0.15) is 0 Å². The standard InChI is InChI=1S/C56H36N4/c1-4-15-37(16-5-1)38-27-29-42(30-28-38)55-58-54(41-20-8-3-9-21-41)59-56(60-55)49-33-32-45(47-25-12-13-26-48(47)49)43-22-14-23-44(35-43)50-36-52(40-18-6-2-7-19-40)57-51-34-31-39-17-10-11-24-46(39)53(50)51/h1-36H. The van der Waals surface area contributed by atoms with E-state index in [1.165, 1.54) is 16.3 Å². The van der Waals surface area contributed by atoms with Crippen LogP contribution in [0.15, 0.2) is 218 Å². The molecule has 4 heteroatoms. The summed E-state index contributed by atoms with van der Waals surface area (Å²) in [5.41, 5.74) is 12.7. The Balaban J connectivity index is 1.05. The van der Waals surface area contributed by atoms with Crippen LogP contribution in [0.1, 0.15) is 0 Å². The molecule has 4 nitrogen and oxygen atoms in total. The van der Waals surface area contributed by atoms with Crippen molar-refractivity contribution in [2.45, 2.75) is 0 Å². The van der Waals surface area contributed by atoms with Crippen LogP contribution < -0.4 is 0 Å². The minimum absolute atomic E-state index is 0.631. The lowest BCUT2D eigenvalue weighted by molar-refractivity contribution is 1.08. The van der Waals surface area contributed by atoms with E-state index in [0.717, 1.165) is 77.4 Å². The van der Waals surface area contributed by atoms with Crippen molar-refractivity contribution in [1.82, 2.24) is 19.9 Å². The number of benzene rings is 9. The van der Waals surface area contributed by atoms with Gasteiger partial charge in [-0.1, -0.05) is 194 Å². The van der Waals surface area contributed by atoms with Crippen LogP contribution in [0.3, 0.4) is 0 Å². The highest BCUT2D eigenvalue weighted by Gasteiger charge is 2.18. The average Bonchev–Trinajstić information content (AvgIpc) is 3.34. The van der Waals surface area contributed by atoms with Gasteiger partial charge in [-0.05, 0) is 79.2 Å². The summed E-state index contributed by atoms with van der Waals surface area (Å²) in [6, 6.07) is 76.5. The molecule has 11 aromatic rings. The molecular weight excluding hydrogens is 729 g/mol. The van der Waals surface area contributed by atoms with Crippen molar-refractivity contribution in [3.63, 3.8) is 0 Å².